The molecule has 152 valence electrons. The van der Waals surface area contributed by atoms with Gasteiger partial charge in [0.25, 0.3) is 0 Å². The molecule has 29 heavy (non-hydrogen) atoms. The molecule has 1 aliphatic rings. The standard InChI is InChI=1S/C20H19F2N3O4/c1-27-17-8-12(6-7-16(17)28-20(21)22)19-23-18(29-24-19)10-25-9-13(11-26)14-4-2-3-5-15(14)25/h2-8,13,20,26H,9-11H2,1H3. The van der Waals surface area contributed by atoms with Crippen LogP contribution < -0.4 is 14.4 Å². The molecule has 0 bridgehead atoms. The second-order valence-corrected chi connectivity index (χ2v) is 6.57. The van der Waals surface area contributed by atoms with Gasteiger partial charge in [-0.15, -0.1) is 0 Å². The normalized spacial score (nSPS) is 15.6. The van der Waals surface area contributed by atoms with Crippen molar-refractivity contribution < 1.29 is 27.9 Å². The first-order valence-corrected chi connectivity index (χ1v) is 8.99. The number of anilines is 1. The van der Waals surface area contributed by atoms with E-state index in [1.807, 2.05) is 24.3 Å². The molecule has 7 nitrogen and oxygen atoms in total. The van der Waals surface area contributed by atoms with Crippen molar-refractivity contribution in [3.05, 3.63) is 53.9 Å². The Labute approximate surface area is 165 Å². The zero-order chi connectivity index (χ0) is 20.4. The highest BCUT2D eigenvalue weighted by Crippen LogP contribution is 2.37. The fraction of sp³-hybridized carbons (Fsp3) is 0.300. The van der Waals surface area contributed by atoms with Gasteiger partial charge < -0.3 is 24.0 Å². The molecule has 1 aromatic heterocycles. The van der Waals surface area contributed by atoms with Crippen molar-refractivity contribution in [1.82, 2.24) is 10.1 Å². The maximum atomic E-state index is 12.5. The molecule has 9 heteroatoms. The van der Waals surface area contributed by atoms with E-state index in [0.717, 1.165) is 11.3 Å². The highest BCUT2D eigenvalue weighted by molar-refractivity contribution is 5.62. The monoisotopic (exact) mass is 403 g/mol. The van der Waals surface area contributed by atoms with Gasteiger partial charge in [0.2, 0.25) is 11.7 Å². The van der Waals surface area contributed by atoms with Crippen LogP contribution in [0.3, 0.4) is 0 Å². The largest absolute Gasteiger partial charge is 0.493 e. The quantitative estimate of drug-likeness (QED) is 0.647. The van der Waals surface area contributed by atoms with Crippen LogP contribution in [0.4, 0.5) is 14.5 Å². The summed E-state index contributed by atoms with van der Waals surface area (Å²) >= 11 is 0. The molecular weight excluding hydrogens is 384 g/mol. The van der Waals surface area contributed by atoms with Gasteiger partial charge in [0.1, 0.15) is 0 Å². The van der Waals surface area contributed by atoms with Gasteiger partial charge in [0.05, 0.1) is 20.3 Å². The first-order valence-electron chi connectivity index (χ1n) is 8.99. The molecule has 0 fully saturated rings. The van der Waals surface area contributed by atoms with Gasteiger partial charge in [-0.1, -0.05) is 23.4 Å². The molecule has 1 aliphatic heterocycles. The lowest BCUT2D eigenvalue weighted by atomic mass is 10.0. The number of benzene rings is 2. The number of para-hydroxylation sites is 1. The van der Waals surface area contributed by atoms with Crippen LogP contribution in [0, 0.1) is 0 Å². The number of aliphatic hydroxyl groups is 1. The van der Waals surface area contributed by atoms with Crippen LogP contribution in [0.1, 0.15) is 17.4 Å². The van der Waals surface area contributed by atoms with Gasteiger partial charge in [-0.3, -0.25) is 0 Å². The number of alkyl halides is 2. The Morgan fingerprint density at radius 1 is 1.24 bits per heavy atom. The van der Waals surface area contributed by atoms with Crippen LogP contribution in [0.15, 0.2) is 47.0 Å². The Kier molecular flexibility index (Phi) is 5.30. The number of hydrogen-bond donors (Lipinski definition) is 1. The Morgan fingerprint density at radius 2 is 2.07 bits per heavy atom. The average molecular weight is 403 g/mol. The number of ether oxygens (including phenoxy) is 2. The third kappa shape index (κ3) is 3.86. The second-order valence-electron chi connectivity index (χ2n) is 6.57. The summed E-state index contributed by atoms with van der Waals surface area (Å²) in [5, 5.41) is 13.6. The van der Waals surface area contributed by atoms with Gasteiger partial charge in [0.15, 0.2) is 11.5 Å². The van der Waals surface area contributed by atoms with Crippen molar-refractivity contribution in [1.29, 1.82) is 0 Å². The molecule has 2 aromatic carbocycles. The summed E-state index contributed by atoms with van der Waals surface area (Å²) < 4.78 is 39.9. The molecule has 0 aliphatic carbocycles. The van der Waals surface area contributed by atoms with Gasteiger partial charge in [0, 0.05) is 23.7 Å². The number of aliphatic hydroxyl groups excluding tert-OH is 1. The minimum Gasteiger partial charge on any atom is -0.493 e. The third-order valence-electron chi connectivity index (χ3n) is 4.81. The average Bonchev–Trinajstić information content (AvgIpc) is 3.33. The van der Waals surface area contributed by atoms with E-state index in [1.165, 1.54) is 19.2 Å². The highest BCUT2D eigenvalue weighted by Gasteiger charge is 2.29. The number of aromatic nitrogens is 2. The van der Waals surface area contributed by atoms with Crippen LogP contribution in [0.2, 0.25) is 0 Å². The van der Waals surface area contributed by atoms with E-state index in [4.69, 9.17) is 9.26 Å². The number of nitrogens with zero attached hydrogens (tertiary/aromatic N) is 3. The summed E-state index contributed by atoms with van der Waals surface area (Å²) in [6.07, 6.45) is 0. The van der Waals surface area contributed by atoms with Gasteiger partial charge in [-0.25, -0.2) is 0 Å². The number of halogens is 2. The van der Waals surface area contributed by atoms with E-state index in [0.29, 0.717) is 30.4 Å². The maximum absolute atomic E-state index is 12.5. The minimum atomic E-state index is -2.95. The predicted octanol–water partition coefficient (Wildman–Crippen LogP) is 3.44. The zero-order valence-electron chi connectivity index (χ0n) is 15.6. The predicted molar refractivity (Wildman–Crippen MR) is 100 cm³/mol. The lowest BCUT2D eigenvalue weighted by Gasteiger charge is -2.17. The molecule has 1 unspecified atom stereocenters. The zero-order valence-corrected chi connectivity index (χ0v) is 15.6. The summed E-state index contributed by atoms with van der Waals surface area (Å²) in [5.41, 5.74) is 2.67. The van der Waals surface area contributed by atoms with E-state index < -0.39 is 6.61 Å². The maximum Gasteiger partial charge on any atom is 0.387 e. The highest BCUT2D eigenvalue weighted by atomic mass is 19.3. The van der Waals surface area contributed by atoms with E-state index in [2.05, 4.69) is 19.8 Å². The molecule has 3 aromatic rings. The first kappa shape index (κ1) is 19.1. The topological polar surface area (TPSA) is 80.9 Å². The summed E-state index contributed by atoms with van der Waals surface area (Å²) in [7, 11) is 1.36. The number of fused-ring (bicyclic) bond motifs is 1. The first-order chi connectivity index (χ1) is 14.1. The Morgan fingerprint density at radius 3 is 2.83 bits per heavy atom. The van der Waals surface area contributed by atoms with Crippen LogP contribution in [0.5, 0.6) is 11.5 Å². The molecule has 0 saturated heterocycles. The van der Waals surface area contributed by atoms with Crippen LogP contribution >= 0.6 is 0 Å². The molecule has 1 N–H and O–H groups in total. The molecular formula is C20H19F2N3O4. The van der Waals surface area contributed by atoms with E-state index in [9.17, 15) is 13.9 Å². The molecule has 0 amide bonds. The summed E-state index contributed by atoms with van der Waals surface area (Å²) in [6, 6.07) is 12.3. The van der Waals surface area contributed by atoms with Crippen LogP contribution in [-0.2, 0) is 6.54 Å². The van der Waals surface area contributed by atoms with Crippen molar-refractivity contribution in [2.45, 2.75) is 19.1 Å². The van der Waals surface area contributed by atoms with E-state index >= 15 is 0 Å². The SMILES string of the molecule is COc1cc(-c2noc(CN3CC(CO)c4ccccc43)n2)ccc1OC(F)F. The Bertz CT molecular complexity index is 995. The van der Waals surface area contributed by atoms with Crippen molar-refractivity contribution >= 4 is 5.69 Å². The molecule has 0 spiro atoms. The number of hydrogen-bond acceptors (Lipinski definition) is 7. The van der Waals surface area contributed by atoms with Crippen LogP contribution in [0.25, 0.3) is 11.4 Å². The lowest BCUT2D eigenvalue weighted by molar-refractivity contribution is -0.0512. The fourth-order valence-electron chi connectivity index (χ4n) is 3.49. The number of methoxy groups -OCH3 is 1. The van der Waals surface area contributed by atoms with E-state index in [-0.39, 0.29) is 24.0 Å². The molecule has 2 heterocycles. The third-order valence-corrected chi connectivity index (χ3v) is 4.81. The van der Waals surface area contributed by atoms with Crippen LogP contribution in [-0.4, -0.2) is 42.1 Å². The van der Waals surface area contributed by atoms with Crippen molar-refractivity contribution in [3.8, 4) is 22.9 Å². The molecule has 4 rings (SSSR count). The summed E-state index contributed by atoms with van der Waals surface area (Å²) in [6.45, 7) is -1.83. The summed E-state index contributed by atoms with van der Waals surface area (Å²) in [5.74, 6) is 0.834. The smallest absolute Gasteiger partial charge is 0.387 e. The van der Waals surface area contributed by atoms with Crippen molar-refractivity contribution in [2.24, 2.45) is 0 Å². The minimum absolute atomic E-state index is 0.0419. The number of rotatable bonds is 7. The lowest BCUT2D eigenvalue weighted by Crippen LogP contribution is -2.22. The van der Waals surface area contributed by atoms with Gasteiger partial charge in [-0.2, -0.15) is 13.8 Å². The Hall–Kier alpha value is -3.20. The molecule has 0 radical (unpaired) electrons. The second kappa shape index (κ2) is 8.04. The van der Waals surface area contributed by atoms with Crippen molar-refractivity contribution in [2.75, 3.05) is 25.2 Å². The van der Waals surface area contributed by atoms with Crippen molar-refractivity contribution in [3.63, 3.8) is 0 Å². The molecule has 1 atom stereocenters. The van der Waals surface area contributed by atoms with E-state index in [1.54, 1.807) is 6.07 Å². The Balaban J connectivity index is 1.54. The fourth-order valence-corrected chi connectivity index (χ4v) is 3.49. The summed E-state index contributed by atoms with van der Waals surface area (Å²) in [4.78, 5) is 6.48. The van der Waals surface area contributed by atoms with Gasteiger partial charge in [-0.05, 0) is 29.8 Å². The molecule has 0 saturated carbocycles. The van der Waals surface area contributed by atoms with Gasteiger partial charge >= 0.3 is 6.61 Å².